The van der Waals surface area contributed by atoms with Gasteiger partial charge in [-0.15, -0.1) is 0 Å². The average molecular weight is 431 g/mol. The fourth-order valence-corrected chi connectivity index (χ4v) is 4.01. The van der Waals surface area contributed by atoms with Gasteiger partial charge >= 0.3 is 0 Å². The number of carbonyl (C=O) groups excluding carboxylic acids is 2. The van der Waals surface area contributed by atoms with Crippen molar-refractivity contribution in [3.05, 3.63) is 64.2 Å². The number of amides is 2. The van der Waals surface area contributed by atoms with Crippen molar-refractivity contribution in [1.82, 2.24) is 5.32 Å². The number of carbonyl (C=O) groups is 2. The number of anilines is 1. The summed E-state index contributed by atoms with van der Waals surface area (Å²) < 4.78 is 0. The van der Waals surface area contributed by atoms with Gasteiger partial charge in [0.15, 0.2) is 6.54 Å². The predicted octanol–water partition coefficient (Wildman–Crippen LogP) is -0.00486. The lowest BCUT2D eigenvalue weighted by Crippen LogP contribution is -3.28. The molecule has 2 aromatic carbocycles. The second-order valence-corrected chi connectivity index (χ2v) is 8.49. The Kier molecular flexibility index (Phi) is 7.85. The number of hydrogen-bond donors (Lipinski definition) is 4. The van der Waals surface area contributed by atoms with Gasteiger partial charge in [0.05, 0.1) is 6.54 Å². The molecular weight excluding hydrogens is 400 g/mol. The van der Waals surface area contributed by atoms with Crippen LogP contribution >= 0.6 is 11.6 Å². The van der Waals surface area contributed by atoms with Crippen LogP contribution in [0.3, 0.4) is 0 Å². The van der Waals surface area contributed by atoms with Crippen LogP contribution in [-0.4, -0.2) is 51.1 Å². The van der Waals surface area contributed by atoms with Gasteiger partial charge in [0.25, 0.3) is 5.91 Å². The molecule has 6 nitrogen and oxygen atoms in total. The maximum absolute atomic E-state index is 12.3. The minimum atomic E-state index is -0.206. The van der Waals surface area contributed by atoms with E-state index in [9.17, 15) is 9.59 Å². The molecular formula is C23H31ClN4O2+2. The summed E-state index contributed by atoms with van der Waals surface area (Å²) in [7, 11) is 0. The van der Waals surface area contributed by atoms with Gasteiger partial charge in [0, 0.05) is 16.3 Å². The van der Waals surface area contributed by atoms with Crippen molar-refractivity contribution in [2.24, 2.45) is 0 Å². The van der Waals surface area contributed by atoms with Gasteiger partial charge in [-0.25, -0.2) is 0 Å². The van der Waals surface area contributed by atoms with Crippen LogP contribution in [0, 0.1) is 13.8 Å². The fourth-order valence-electron chi connectivity index (χ4n) is 3.80. The van der Waals surface area contributed by atoms with E-state index in [2.05, 4.69) is 16.7 Å². The SMILES string of the molecule is Cc1cccc(NC(=O)CNC(=O)C[NH+]2CC[NH+](Cc3cccc(Cl)c3)CC2)c1C. The normalized spacial score (nSPS) is 18.6. The molecule has 4 N–H and O–H groups in total. The fraction of sp³-hybridized carbons (Fsp3) is 0.391. The number of piperazine rings is 1. The van der Waals surface area contributed by atoms with Crippen LogP contribution < -0.4 is 20.4 Å². The Hall–Kier alpha value is -2.41. The Labute approximate surface area is 183 Å². The summed E-state index contributed by atoms with van der Waals surface area (Å²) in [5.74, 6) is -0.290. The van der Waals surface area contributed by atoms with Gasteiger partial charge in [-0.1, -0.05) is 35.9 Å². The van der Waals surface area contributed by atoms with E-state index in [4.69, 9.17) is 11.6 Å². The number of halogens is 1. The largest absolute Gasteiger partial charge is 0.342 e. The molecule has 2 amide bonds. The number of aryl methyl sites for hydroxylation is 1. The first-order chi connectivity index (χ1) is 14.4. The molecule has 0 unspecified atom stereocenters. The molecule has 1 aliphatic rings. The highest BCUT2D eigenvalue weighted by molar-refractivity contribution is 6.30. The molecule has 0 aliphatic carbocycles. The lowest BCUT2D eigenvalue weighted by atomic mass is 10.1. The Morgan fingerprint density at radius 1 is 0.967 bits per heavy atom. The molecule has 1 aliphatic heterocycles. The van der Waals surface area contributed by atoms with Crippen LogP contribution in [0.25, 0.3) is 0 Å². The minimum Gasteiger partial charge on any atom is -0.342 e. The van der Waals surface area contributed by atoms with E-state index < -0.39 is 0 Å². The van der Waals surface area contributed by atoms with E-state index in [0.717, 1.165) is 54.6 Å². The van der Waals surface area contributed by atoms with Crippen LogP contribution in [0.1, 0.15) is 16.7 Å². The number of nitrogens with one attached hydrogen (secondary N) is 4. The minimum absolute atomic E-state index is 0.00830. The summed E-state index contributed by atoms with van der Waals surface area (Å²) in [5.41, 5.74) is 4.20. The molecule has 1 fully saturated rings. The first-order valence-corrected chi connectivity index (χ1v) is 10.8. The third-order valence-corrected chi connectivity index (χ3v) is 5.98. The predicted molar refractivity (Wildman–Crippen MR) is 119 cm³/mol. The van der Waals surface area contributed by atoms with Crippen molar-refractivity contribution in [1.29, 1.82) is 0 Å². The Morgan fingerprint density at radius 2 is 1.67 bits per heavy atom. The van der Waals surface area contributed by atoms with Crippen molar-refractivity contribution in [2.75, 3.05) is 44.6 Å². The van der Waals surface area contributed by atoms with Crippen molar-refractivity contribution >= 4 is 29.1 Å². The van der Waals surface area contributed by atoms with Crippen molar-refractivity contribution in [3.63, 3.8) is 0 Å². The van der Waals surface area contributed by atoms with E-state index >= 15 is 0 Å². The summed E-state index contributed by atoms with van der Waals surface area (Å²) in [5, 5.41) is 6.39. The van der Waals surface area contributed by atoms with Crippen molar-refractivity contribution in [3.8, 4) is 0 Å². The number of rotatable bonds is 7. The zero-order valence-electron chi connectivity index (χ0n) is 17.7. The quantitative estimate of drug-likeness (QED) is 0.499. The smallest absolute Gasteiger partial charge is 0.275 e. The van der Waals surface area contributed by atoms with E-state index in [-0.39, 0.29) is 18.4 Å². The first kappa shape index (κ1) is 22.3. The van der Waals surface area contributed by atoms with E-state index in [1.807, 2.05) is 50.2 Å². The second kappa shape index (κ2) is 10.6. The van der Waals surface area contributed by atoms with Crippen molar-refractivity contribution in [2.45, 2.75) is 20.4 Å². The highest BCUT2D eigenvalue weighted by Crippen LogP contribution is 2.17. The molecule has 0 saturated carbocycles. The Morgan fingerprint density at radius 3 is 2.40 bits per heavy atom. The first-order valence-electron chi connectivity index (χ1n) is 10.4. The van der Waals surface area contributed by atoms with Crippen LogP contribution in [0.4, 0.5) is 5.69 Å². The molecule has 0 spiro atoms. The van der Waals surface area contributed by atoms with Crippen LogP contribution in [-0.2, 0) is 16.1 Å². The monoisotopic (exact) mass is 430 g/mol. The van der Waals surface area contributed by atoms with Gasteiger partial charge in [0.2, 0.25) is 5.91 Å². The molecule has 0 bridgehead atoms. The topological polar surface area (TPSA) is 67.1 Å². The van der Waals surface area contributed by atoms with Crippen molar-refractivity contribution < 1.29 is 19.4 Å². The van der Waals surface area contributed by atoms with Crippen LogP contribution in [0.15, 0.2) is 42.5 Å². The van der Waals surface area contributed by atoms with E-state index in [0.29, 0.717) is 6.54 Å². The van der Waals surface area contributed by atoms with Gasteiger partial charge in [0.1, 0.15) is 32.7 Å². The summed E-state index contributed by atoms with van der Waals surface area (Å²) >= 11 is 6.07. The summed E-state index contributed by atoms with van der Waals surface area (Å²) in [6.45, 7) is 9.25. The summed E-state index contributed by atoms with van der Waals surface area (Å²) in [4.78, 5) is 27.2. The van der Waals surface area contributed by atoms with Gasteiger partial charge < -0.3 is 20.4 Å². The standard InChI is InChI=1S/C23H29ClN4O2/c1-17-5-3-8-21(18(17)2)26-22(29)14-25-23(30)16-28-11-9-27(10-12-28)15-19-6-4-7-20(24)13-19/h3-8,13H,9-12,14-16H2,1-2H3,(H,25,30)(H,26,29)/p+2. The lowest BCUT2D eigenvalue weighted by Gasteiger charge is -2.29. The maximum atomic E-state index is 12.3. The van der Waals surface area contributed by atoms with Gasteiger partial charge in [-0.3, -0.25) is 9.59 Å². The number of benzene rings is 2. The molecule has 7 heteroatoms. The highest BCUT2D eigenvalue weighted by atomic mass is 35.5. The molecule has 3 rings (SSSR count). The molecule has 2 aromatic rings. The molecule has 0 atom stereocenters. The zero-order valence-corrected chi connectivity index (χ0v) is 18.4. The lowest BCUT2D eigenvalue weighted by molar-refractivity contribution is -1.02. The van der Waals surface area contributed by atoms with Crippen LogP contribution in [0.5, 0.6) is 0 Å². The van der Waals surface area contributed by atoms with Gasteiger partial charge in [-0.05, 0) is 43.2 Å². The Balaban J connectivity index is 1.36. The third kappa shape index (κ3) is 6.55. The molecule has 1 saturated heterocycles. The summed E-state index contributed by atoms with van der Waals surface area (Å²) in [6.07, 6.45) is 0. The Bertz CT molecular complexity index is 895. The van der Waals surface area contributed by atoms with E-state index in [1.54, 1.807) is 0 Å². The molecule has 30 heavy (non-hydrogen) atoms. The maximum Gasteiger partial charge on any atom is 0.275 e. The zero-order chi connectivity index (χ0) is 21.5. The highest BCUT2D eigenvalue weighted by Gasteiger charge is 2.25. The number of hydrogen-bond acceptors (Lipinski definition) is 2. The van der Waals surface area contributed by atoms with Crippen LogP contribution in [0.2, 0.25) is 5.02 Å². The average Bonchev–Trinajstić information content (AvgIpc) is 2.71. The van der Waals surface area contributed by atoms with E-state index in [1.165, 1.54) is 15.4 Å². The third-order valence-electron chi connectivity index (χ3n) is 5.74. The van der Waals surface area contributed by atoms with Gasteiger partial charge in [-0.2, -0.15) is 0 Å². The molecule has 160 valence electrons. The molecule has 0 radical (unpaired) electrons. The second-order valence-electron chi connectivity index (χ2n) is 8.06. The number of quaternary nitrogens is 2. The summed E-state index contributed by atoms with van der Waals surface area (Å²) in [6, 6.07) is 13.8. The molecule has 1 heterocycles. The molecule has 0 aromatic heterocycles.